The van der Waals surface area contributed by atoms with Crippen molar-refractivity contribution >= 4 is 33.8 Å². The third-order valence-electron chi connectivity index (χ3n) is 3.47. The number of hydrogen-bond acceptors (Lipinski definition) is 4. The molecule has 0 saturated heterocycles. The van der Waals surface area contributed by atoms with E-state index in [0.29, 0.717) is 18.5 Å². The van der Waals surface area contributed by atoms with Gasteiger partial charge in [-0.1, -0.05) is 18.9 Å². The summed E-state index contributed by atoms with van der Waals surface area (Å²) in [5, 5.41) is 2.71. The summed E-state index contributed by atoms with van der Waals surface area (Å²) in [5.74, 6) is -0.240. The van der Waals surface area contributed by atoms with Crippen LogP contribution in [0.5, 0.6) is 0 Å². The Morgan fingerprint density at radius 3 is 2.45 bits per heavy atom. The molecule has 1 aliphatic carbocycles. The average Bonchev–Trinajstić information content (AvgIpc) is 2.77. The first-order valence-corrected chi connectivity index (χ1v) is 8.11. The van der Waals surface area contributed by atoms with E-state index in [1.54, 1.807) is 12.1 Å². The molecule has 0 radical (unpaired) electrons. The maximum absolute atomic E-state index is 12.1. The van der Waals surface area contributed by atoms with Crippen LogP contribution in [0.25, 0.3) is 0 Å². The van der Waals surface area contributed by atoms with Crippen LogP contribution in [0.2, 0.25) is 0 Å². The third kappa shape index (κ3) is 3.71. The normalized spacial score (nSPS) is 17.3. The Kier molecular flexibility index (Phi) is 5.18. The van der Waals surface area contributed by atoms with Crippen molar-refractivity contribution in [3.63, 3.8) is 0 Å². The third-order valence-corrected chi connectivity index (χ3v) is 4.58. The lowest BCUT2D eigenvalue weighted by Crippen LogP contribution is -2.48. The number of carbonyl (C=O) groups is 1. The lowest BCUT2D eigenvalue weighted by atomic mass is 9.98. The van der Waals surface area contributed by atoms with Gasteiger partial charge in [-0.3, -0.25) is 4.79 Å². The van der Waals surface area contributed by atoms with Crippen molar-refractivity contribution in [1.82, 2.24) is 0 Å². The SMILES string of the molecule is CS(=O)(=O)c1cccc(NC(=O)C2(N)CCCC2)c1.Cl. The number of carbonyl (C=O) groups excluding carboxylic acids is 1. The number of anilines is 1. The van der Waals surface area contributed by atoms with E-state index in [2.05, 4.69) is 5.32 Å². The number of rotatable bonds is 3. The molecule has 0 aliphatic heterocycles. The van der Waals surface area contributed by atoms with Crippen LogP contribution in [0.3, 0.4) is 0 Å². The standard InChI is InChI=1S/C13H18N2O3S.ClH/c1-19(17,18)11-6-4-5-10(9-11)15-12(16)13(14)7-2-3-8-13;/h4-6,9H,2-3,7-8,14H2,1H3,(H,15,16);1H. The lowest BCUT2D eigenvalue weighted by Gasteiger charge is -2.22. The topological polar surface area (TPSA) is 89.3 Å². The molecule has 1 aromatic rings. The average molecular weight is 319 g/mol. The first kappa shape index (κ1) is 16.9. The number of nitrogens with one attached hydrogen (secondary N) is 1. The Morgan fingerprint density at radius 2 is 1.90 bits per heavy atom. The highest BCUT2D eigenvalue weighted by atomic mass is 35.5. The maximum atomic E-state index is 12.1. The minimum Gasteiger partial charge on any atom is -0.324 e. The first-order chi connectivity index (χ1) is 8.81. The van der Waals surface area contributed by atoms with Crippen molar-refractivity contribution in [2.45, 2.75) is 36.1 Å². The van der Waals surface area contributed by atoms with Crippen LogP contribution >= 0.6 is 12.4 Å². The molecule has 20 heavy (non-hydrogen) atoms. The zero-order valence-corrected chi connectivity index (χ0v) is 12.9. The van der Waals surface area contributed by atoms with Crippen molar-refractivity contribution in [3.05, 3.63) is 24.3 Å². The number of amides is 1. The molecule has 5 nitrogen and oxygen atoms in total. The van der Waals surface area contributed by atoms with Gasteiger partial charge in [0.05, 0.1) is 10.4 Å². The molecular formula is C13H19ClN2O3S. The Morgan fingerprint density at radius 1 is 1.30 bits per heavy atom. The molecule has 1 fully saturated rings. The maximum Gasteiger partial charge on any atom is 0.244 e. The highest BCUT2D eigenvalue weighted by Gasteiger charge is 2.36. The summed E-state index contributed by atoms with van der Waals surface area (Å²) in [7, 11) is -3.28. The van der Waals surface area contributed by atoms with Crippen molar-refractivity contribution in [2.24, 2.45) is 5.73 Å². The van der Waals surface area contributed by atoms with Gasteiger partial charge < -0.3 is 11.1 Å². The molecule has 7 heteroatoms. The van der Waals surface area contributed by atoms with Crippen molar-refractivity contribution < 1.29 is 13.2 Å². The van der Waals surface area contributed by atoms with E-state index < -0.39 is 15.4 Å². The van der Waals surface area contributed by atoms with Gasteiger partial charge in [0, 0.05) is 11.9 Å². The van der Waals surface area contributed by atoms with Crippen LogP contribution < -0.4 is 11.1 Å². The largest absolute Gasteiger partial charge is 0.324 e. The van der Waals surface area contributed by atoms with E-state index in [0.717, 1.165) is 19.1 Å². The van der Waals surface area contributed by atoms with Crippen LogP contribution in [0.15, 0.2) is 29.2 Å². The Hall–Kier alpha value is -1.11. The summed E-state index contributed by atoms with van der Waals surface area (Å²) in [6.45, 7) is 0. The second-order valence-electron chi connectivity index (χ2n) is 5.12. The van der Waals surface area contributed by atoms with Crippen molar-refractivity contribution in [2.75, 3.05) is 11.6 Å². The summed E-state index contributed by atoms with van der Waals surface area (Å²) in [6, 6.07) is 6.21. The Balaban J connectivity index is 0.00000200. The number of sulfone groups is 1. The van der Waals surface area contributed by atoms with E-state index in [1.165, 1.54) is 12.1 Å². The second kappa shape index (κ2) is 6.11. The fraction of sp³-hybridized carbons (Fsp3) is 0.462. The second-order valence-corrected chi connectivity index (χ2v) is 7.13. The van der Waals surface area contributed by atoms with E-state index in [4.69, 9.17) is 5.73 Å². The zero-order valence-electron chi connectivity index (χ0n) is 11.3. The highest BCUT2D eigenvalue weighted by molar-refractivity contribution is 7.90. The molecule has 0 aromatic heterocycles. The minimum atomic E-state index is -3.28. The van der Waals surface area contributed by atoms with Gasteiger partial charge in [0.1, 0.15) is 0 Å². The molecule has 1 aliphatic rings. The van der Waals surface area contributed by atoms with Gasteiger partial charge in [-0.25, -0.2) is 8.42 Å². The predicted octanol–water partition coefficient (Wildman–Crippen LogP) is 1.72. The van der Waals surface area contributed by atoms with Crippen molar-refractivity contribution in [3.8, 4) is 0 Å². The van der Waals surface area contributed by atoms with Crippen LogP contribution in [0.4, 0.5) is 5.69 Å². The van der Waals surface area contributed by atoms with Gasteiger partial charge in [0.2, 0.25) is 5.91 Å². The number of halogens is 1. The highest BCUT2D eigenvalue weighted by Crippen LogP contribution is 2.28. The summed E-state index contributed by atoms with van der Waals surface area (Å²) in [4.78, 5) is 12.3. The minimum absolute atomic E-state index is 0. The van der Waals surface area contributed by atoms with Gasteiger partial charge in [0.15, 0.2) is 9.84 Å². The lowest BCUT2D eigenvalue weighted by molar-refractivity contribution is -0.121. The van der Waals surface area contributed by atoms with Crippen LogP contribution in [0.1, 0.15) is 25.7 Å². The van der Waals surface area contributed by atoms with Gasteiger partial charge in [0.25, 0.3) is 0 Å². The zero-order chi connectivity index (χ0) is 14.1. The Labute approximate surface area is 125 Å². The van der Waals surface area contributed by atoms with E-state index in [1.807, 2.05) is 0 Å². The summed E-state index contributed by atoms with van der Waals surface area (Å²) >= 11 is 0. The number of nitrogens with two attached hydrogens (primary N) is 1. The quantitative estimate of drug-likeness (QED) is 0.888. The van der Waals surface area contributed by atoms with E-state index >= 15 is 0 Å². The molecule has 0 atom stereocenters. The molecule has 2 rings (SSSR count). The summed E-state index contributed by atoms with van der Waals surface area (Å²) < 4.78 is 22.9. The fourth-order valence-corrected chi connectivity index (χ4v) is 2.96. The fourth-order valence-electron chi connectivity index (χ4n) is 2.29. The molecule has 3 N–H and O–H groups in total. The predicted molar refractivity (Wildman–Crippen MR) is 80.8 cm³/mol. The van der Waals surface area contributed by atoms with Crippen LogP contribution in [0, 0.1) is 0 Å². The molecule has 0 heterocycles. The molecule has 0 unspecified atom stereocenters. The van der Waals surface area contributed by atoms with E-state index in [-0.39, 0.29) is 23.2 Å². The van der Waals surface area contributed by atoms with Crippen LogP contribution in [-0.2, 0) is 14.6 Å². The molecule has 1 amide bonds. The molecular weight excluding hydrogens is 300 g/mol. The first-order valence-electron chi connectivity index (χ1n) is 6.22. The molecule has 0 spiro atoms. The monoisotopic (exact) mass is 318 g/mol. The molecule has 0 bridgehead atoms. The summed E-state index contributed by atoms with van der Waals surface area (Å²) in [6.07, 6.45) is 4.38. The summed E-state index contributed by atoms with van der Waals surface area (Å²) in [5.41, 5.74) is 5.69. The molecule has 112 valence electrons. The van der Waals surface area contributed by atoms with Crippen molar-refractivity contribution in [1.29, 1.82) is 0 Å². The van der Waals surface area contributed by atoms with Crippen LogP contribution in [-0.4, -0.2) is 26.1 Å². The Bertz CT molecular complexity index is 595. The molecule has 1 saturated carbocycles. The van der Waals surface area contributed by atoms with E-state index in [9.17, 15) is 13.2 Å². The smallest absolute Gasteiger partial charge is 0.244 e. The van der Waals surface area contributed by atoms with Gasteiger partial charge >= 0.3 is 0 Å². The number of benzene rings is 1. The molecule has 1 aromatic carbocycles. The van der Waals surface area contributed by atoms with Gasteiger partial charge in [-0.05, 0) is 31.0 Å². The van der Waals surface area contributed by atoms with Gasteiger partial charge in [-0.2, -0.15) is 0 Å². The van der Waals surface area contributed by atoms with Gasteiger partial charge in [-0.15, -0.1) is 12.4 Å². The number of hydrogen-bond donors (Lipinski definition) is 2.